The van der Waals surface area contributed by atoms with Gasteiger partial charge in [-0.2, -0.15) is 0 Å². The average Bonchev–Trinajstić information content (AvgIpc) is 2.59. The summed E-state index contributed by atoms with van der Waals surface area (Å²) < 4.78 is 0. The van der Waals surface area contributed by atoms with E-state index in [0.29, 0.717) is 6.54 Å². The highest BCUT2D eigenvalue weighted by Gasteiger charge is 2.21. The van der Waals surface area contributed by atoms with E-state index in [1.54, 1.807) is 19.0 Å². The fraction of sp³-hybridized carbons (Fsp3) is 0.467. The van der Waals surface area contributed by atoms with E-state index in [1.165, 1.54) is 5.56 Å². The molecule has 0 aromatic carbocycles. The van der Waals surface area contributed by atoms with Crippen LogP contribution in [-0.2, 0) is 11.3 Å². The lowest BCUT2D eigenvalue weighted by atomic mass is 10.2. The van der Waals surface area contributed by atoms with Gasteiger partial charge in [0.1, 0.15) is 5.82 Å². The Morgan fingerprint density at radius 3 is 3.00 bits per heavy atom. The zero-order chi connectivity index (χ0) is 14.5. The Bertz CT molecular complexity index is 487. The van der Waals surface area contributed by atoms with Crippen molar-refractivity contribution >= 4 is 11.7 Å². The van der Waals surface area contributed by atoms with Gasteiger partial charge in [0, 0.05) is 52.0 Å². The SMILES string of the molecule is C=CCN1CCN(CC(=O)N(C)C)Cc2cccnc21. The highest BCUT2D eigenvalue weighted by molar-refractivity contribution is 5.77. The van der Waals surface area contributed by atoms with Crippen LogP contribution in [0.2, 0.25) is 0 Å². The quantitative estimate of drug-likeness (QED) is 0.767. The van der Waals surface area contributed by atoms with Gasteiger partial charge in [0.05, 0.1) is 6.54 Å². The van der Waals surface area contributed by atoms with Gasteiger partial charge < -0.3 is 9.80 Å². The van der Waals surface area contributed by atoms with Gasteiger partial charge in [-0.1, -0.05) is 12.1 Å². The lowest BCUT2D eigenvalue weighted by Gasteiger charge is -2.23. The van der Waals surface area contributed by atoms with Crippen LogP contribution in [0.4, 0.5) is 5.82 Å². The largest absolute Gasteiger partial charge is 0.351 e. The normalized spacial score (nSPS) is 15.4. The number of carbonyl (C=O) groups excluding carboxylic acids is 1. The topological polar surface area (TPSA) is 39.7 Å². The molecular weight excluding hydrogens is 252 g/mol. The fourth-order valence-electron chi connectivity index (χ4n) is 2.33. The number of rotatable bonds is 4. The number of amides is 1. The molecule has 2 heterocycles. The molecule has 0 aliphatic carbocycles. The first kappa shape index (κ1) is 14.5. The molecule has 1 aromatic heterocycles. The Morgan fingerprint density at radius 2 is 2.30 bits per heavy atom. The summed E-state index contributed by atoms with van der Waals surface area (Å²) in [5.74, 6) is 1.14. The Labute approximate surface area is 120 Å². The van der Waals surface area contributed by atoms with Gasteiger partial charge in [0.25, 0.3) is 0 Å². The molecule has 2 rings (SSSR count). The van der Waals surface area contributed by atoms with Crippen molar-refractivity contribution in [2.45, 2.75) is 6.54 Å². The van der Waals surface area contributed by atoms with Crippen LogP contribution in [0.3, 0.4) is 0 Å². The number of hydrogen-bond donors (Lipinski definition) is 0. The average molecular weight is 274 g/mol. The van der Waals surface area contributed by atoms with E-state index >= 15 is 0 Å². The molecule has 1 aliphatic heterocycles. The molecule has 20 heavy (non-hydrogen) atoms. The maximum absolute atomic E-state index is 11.9. The van der Waals surface area contributed by atoms with E-state index in [1.807, 2.05) is 18.3 Å². The second kappa shape index (κ2) is 6.52. The Balaban J connectivity index is 2.16. The predicted octanol–water partition coefficient (Wildman–Crippen LogP) is 0.978. The highest BCUT2D eigenvalue weighted by atomic mass is 16.2. The Kier molecular flexibility index (Phi) is 4.74. The molecule has 1 amide bonds. The number of carbonyl (C=O) groups is 1. The Hall–Kier alpha value is -1.88. The van der Waals surface area contributed by atoms with Crippen molar-refractivity contribution in [1.29, 1.82) is 0 Å². The molecule has 0 saturated carbocycles. The smallest absolute Gasteiger partial charge is 0.236 e. The van der Waals surface area contributed by atoms with Crippen LogP contribution in [0.1, 0.15) is 5.56 Å². The van der Waals surface area contributed by atoms with Crippen molar-refractivity contribution in [1.82, 2.24) is 14.8 Å². The molecule has 5 nitrogen and oxygen atoms in total. The number of aromatic nitrogens is 1. The van der Waals surface area contributed by atoms with Crippen LogP contribution in [-0.4, -0.2) is 61.0 Å². The molecule has 108 valence electrons. The summed E-state index contributed by atoms with van der Waals surface area (Å²) in [6, 6.07) is 4.03. The van der Waals surface area contributed by atoms with Crippen LogP contribution in [0, 0.1) is 0 Å². The molecule has 1 aromatic rings. The summed E-state index contributed by atoms with van der Waals surface area (Å²) >= 11 is 0. The van der Waals surface area contributed by atoms with Crippen molar-refractivity contribution in [2.24, 2.45) is 0 Å². The fourth-order valence-corrected chi connectivity index (χ4v) is 2.33. The van der Waals surface area contributed by atoms with Crippen molar-refractivity contribution in [3.63, 3.8) is 0 Å². The lowest BCUT2D eigenvalue weighted by Crippen LogP contribution is -2.38. The predicted molar refractivity (Wildman–Crippen MR) is 80.6 cm³/mol. The van der Waals surface area contributed by atoms with Gasteiger partial charge in [-0.25, -0.2) is 4.98 Å². The van der Waals surface area contributed by atoms with Crippen LogP contribution in [0.15, 0.2) is 31.0 Å². The van der Waals surface area contributed by atoms with Gasteiger partial charge >= 0.3 is 0 Å². The monoisotopic (exact) mass is 274 g/mol. The summed E-state index contributed by atoms with van der Waals surface area (Å²) in [5, 5.41) is 0. The molecule has 0 fully saturated rings. The van der Waals surface area contributed by atoms with Crippen molar-refractivity contribution in [3.8, 4) is 0 Å². The maximum atomic E-state index is 11.9. The Morgan fingerprint density at radius 1 is 1.50 bits per heavy atom. The van der Waals surface area contributed by atoms with Gasteiger partial charge in [0.15, 0.2) is 0 Å². The minimum Gasteiger partial charge on any atom is -0.351 e. The van der Waals surface area contributed by atoms with E-state index in [0.717, 1.165) is 32.0 Å². The summed E-state index contributed by atoms with van der Waals surface area (Å²) in [7, 11) is 3.58. The van der Waals surface area contributed by atoms with Gasteiger partial charge in [0.2, 0.25) is 5.91 Å². The van der Waals surface area contributed by atoms with Gasteiger partial charge in [-0.3, -0.25) is 9.69 Å². The van der Waals surface area contributed by atoms with E-state index in [4.69, 9.17) is 0 Å². The first-order chi connectivity index (χ1) is 9.61. The number of pyridine rings is 1. The summed E-state index contributed by atoms with van der Waals surface area (Å²) in [5.41, 5.74) is 1.17. The standard InChI is InChI=1S/C15H22N4O/c1-4-8-19-10-9-18(12-14(20)17(2)3)11-13-6-5-7-16-15(13)19/h4-7H,1,8-12H2,2-3H3. The number of likely N-dealkylation sites (N-methyl/N-ethyl adjacent to an activating group) is 1. The van der Waals surface area contributed by atoms with E-state index in [2.05, 4.69) is 27.4 Å². The molecular formula is C15H22N4O. The minimum absolute atomic E-state index is 0.132. The summed E-state index contributed by atoms with van der Waals surface area (Å²) in [4.78, 5) is 22.4. The molecule has 0 N–H and O–H groups in total. The van der Waals surface area contributed by atoms with E-state index in [9.17, 15) is 4.79 Å². The van der Waals surface area contributed by atoms with Crippen LogP contribution < -0.4 is 4.90 Å². The molecule has 0 unspecified atom stereocenters. The van der Waals surface area contributed by atoms with Crippen LogP contribution >= 0.6 is 0 Å². The lowest BCUT2D eigenvalue weighted by molar-refractivity contribution is -0.130. The zero-order valence-electron chi connectivity index (χ0n) is 12.2. The molecule has 0 saturated heterocycles. The van der Waals surface area contributed by atoms with Crippen molar-refractivity contribution in [3.05, 3.63) is 36.5 Å². The highest BCUT2D eigenvalue weighted by Crippen LogP contribution is 2.22. The molecule has 0 atom stereocenters. The molecule has 5 heteroatoms. The van der Waals surface area contributed by atoms with Crippen molar-refractivity contribution in [2.75, 3.05) is 45.2 Å². The van der Waals surface area contributed by atoms with Crippen molar-refractivity contribution < 1.29 is 4.79 Å². The van der Waals surface area contributed by atoms with Gasteiger partial charge in [-0.15, -0.1) is 6.58 Å². The van der Waals surface area contributed by atoms with Crippen LogP contribution in [0.25, 0.3) is 0 Å². The molecule has 0 radical (unpaired) electrons. The third kappa shape index (κ3) is 3.36. The summed E-state index contributed by atoms with van der Waals surface area (Å²) in [6.07, 6.45) is 3.70. The first-order valence-corrected chi connectivity index (χ1v) is 6.84. The third-order valence-corrected chi connectivity index (χ3v) is 3.45. The maximum Gasteiger partial charge on any atom is 0.236 e. The van der Waals surface area contributed by atoms with Crippen LogP contribution in [0.5, 0.6) is 0 Å². The third-order valence-electron chi connectivity index (χ3n) is 3.45. The number of anilines is 1. The molecule has 1 aliphatic rings. The van der Waals surface area contributed by atoms with E-state index in [-0.39, 0.29) is 5.91 Å². The first-order valence-electron chi connectivity index (χ1n) is 6.84. The number of nitrogens with zero attached hydrogens (tertiary/aromatic N) is 4. The number of fused-ring (bicyclic) bond motifs is 1. The van der Waals surface area contributed by atoms with Gasteiger partial charge in [-0.05, 0) is 6.07 Å². The molecule has 0 spiro atoms. The second-order valence-corrected chi connectivity index (χ2v) is 5.22. The summed E-state index contributed by atoms with van der Waals surface area (Å²) in [6.45, 7) is 7.50. The number of hydrogen-bond acceptors (Lipinski definition) is 4. The minimum atomic E-state index is 0.132. The van der Waals surface area contributed by atoms with E-state index < -0.39 is 0 Å². The second-order valence-electron chi connectivity index (χ2n) is 5.22. The zero-order valence-corrected chi connectivity index (χ0v) is 12.2. The molecule has 0 bridgehead atoms.